The van der Waals surface area contributed by atoms with Crippen molar-refractivity contribution in [3.8, 4) is 73.1 Å². The van der Waals surface area contributed by atoms with E-state index in [4.69, 9.17) is 4.85 Å². The van der Waals surface area contributed by atoms with Gasteiger partial charge in [0.1, 0.15) is 6.07 Å². The van der Waals surface area contributed by atoms with Crippen molar-refractivity contribution in [2.24, 2.45) is 0 Å². The molecular formula is C74H42N4S2. The van der Waals surface area contributed by atoms with Gasteiger partial charge in [0.05, 0.1) is 55.0 Å². The number of hydrogen-bond acceptors (Lipinski definition) is 3. The van der Waals surface area contributed by atoms with Gasteiger partial charge in [-0.05, 0) is 93.0 Å². The van der Waals surface area contributed by atoms with Crippen molar-refractivity contribution in [1.82, 2.24) is 9.13 Å². The third-order valence-electron chi connectivity index (χ3n) is 16.1. The highest BCUT2D eigenvalue weighted by Crippen LogP contribution is 2.56. The summed E-state index contributed by atoms with van der Waals surface area (Å²) in [4.78, 5) is 4.70. The summed E-state index contributed by atoms with van der Waals surface area (Å²) in [6, 6.07) is 93.5. The predicted octanol–water partition coefficient (Wildman–Crippen LogP) is 21.4. The molecule has 0 saturated carbocycles. The maximum absolute atomic E-state index is 12.6. The van der Waals surface area contributed by atoms with E-state index < -0.39 is 0 Å². The number of fused-ring (bicyclic) bond motifs is 14. The molecule has 16 rings (SSSR count). The van der Waals surface area contributed by atoms with Gasteiger partial charge in [-0.1, -0.05) is 206 Å². The highest BCUT2D eigenvalue weighted by Gasteiger charge is 2.34. The molecular weight excluding hydrogens is 1010 g/mol. The third-order valence-corrected chi connectivity index (χ3v) is 18.5. The number of nitrogens with zero attached hydrogens (tertiary/aromatic N) is 4. The molecule has 80 heavy (non-hydrogen) atoms. The van der Waals surface area contributed by atoms with E-state index in [1.54, 1.807) is 11.3 Å². The molecule has 0 saturated heterocycles. The number of hydrogen-bond donors (Lipinski definition) is 0. The molecule has 4 nitrogen and oxygen atoms in total. The van der Waals surface area contributed by atoms with Crippen LogP contribution in [0.25, 0.3) is 156 Å². The topological polar surface area (TPSA) is 38.0 Å². The average Bonchev–Trinajstić information content (AvgIpc) is 4.46. The maximum Gasteiger partial charge on any atom is 0.220 e. The van der Waals surface area contributed by atoms with Crippen LogP contribution in [-0.4, -0.2) is 9.13 Å². The van der Waals surface area contributed by atoms with Crippen molar-refractivity contribution >= 4 is 112 Å². The maximum atomic E-state index is 12.6. The lowest BCUT2D eigenvalue weighted by Crippen LogP contribution is -2.09. The minimum atomic E-state index is 0.399. The molecule has 0 N–H and O–H groups in total. The Balaban J connectivity index is 1.23. The lowest BCUT2D eigenvalue weighted by atomic mass is 9.86. The van der Waals surface area contributed by atoms with Crippen LogP contribution >= 0.6 is 22.7 Å². The van der Waals surface area contributed by atoms with Crippen LogP contribution in [0.3, 0.4) is 0 Å². The zero-order valence-electron chi connectivity index (χ0n) is 42.9. The van der Waals surface area contributed by atoms with E-state index in [-0.39, 0.29) is 0 Å². The Labute approximate surface area is 468 Å². The van der Waals surface area contributed by atoms with E-state index in [2.05, 4.69) is 252 Å². The van der Waals surface area contributed by atoms with E-state index >= 15 is 0 Å². The molecule has 0 unspecified atom stereocenters. The van der Waals surface area contributed by atoms with Gasteiger partial charge in [-0.25, -0.2) is 4.85 Å². The van der Waals surface area contributed by atoms with E-state index in [0.29, 0.717) is 22.5 Å². The second-order valence-electron chi connectivity index (χ2n) is 20.4. The smallest absolute Gasteiger partial charge is 0.220 e. The summed E-state index contributed by atoms with van der Waals surface area (Å²) >= 11 is 3.61. The Hall–Kier alpha value is -10.3. The van der Waals surface area contributed by atoms with E-state index in [9.17, 15) is 11.8 Å². The lowest BCUT2D eigenvalue weighted by molar-refractivity contribution is 1.14. The normalized spacial score (nSPS) is 11.7. The van der Waals surface area contributed by atoms with Crippen molar-refractivity contribution in [2.75, 3.05) is 0 Å². The number of nitriles is 1. The largest absolute Gasteiger partial charge is 0.318 e. The molecule has 370 valence electrons. The van der Waals surface area contributed by atoms with Crippen molar-refractivity contribution in [3.63, 3.8) is 0 Å². The number of benzene rings is 12. The molecule has 0 aliphatic heterocycles. The first-order valence-electron chi connectivity index (χ1n) is 26.8. The van der Waals surface area contributed by atoms with Crippen LogP contribution in [0.15, 0.2) is 255 Å². The Morgan fingerprint density at radius 3 is 1.44 bits per heavy atom. The summed E-state index contributed by atoms with van der Waals surface area (Å²) in [6.07, 6.45) is 0. The zero-order valence-corrected chi connectivity index (χ0v) is 44.5. The molecule has 0 bridgehead atoms. The van der Waals surface area contributed by atoms with E-state index in [1.165, 1.54) is 25.6 Å². The van der Waals surface area contributed by atoms with Crippen molar-refractivity contribution in [1.29, 1.82) is 5.26 Å². The highest BCUT2D eigenvalue weighted by molar-refractivity contribution is 7.27. The van der Waals surface area contributed by atoms with E-state index in [1.807, 2.05) is 29.5 Å². The molecule has 16 aromatic rings. The fourth-order valence-electron chi connectivity index (χ4n) is 12.8. The van der Waals surface area contributed by atoms with Gasteiger partial charge in [0.2, 0.25) is 5.69 Å². The van der Waals surface area contributed by atoms with Gasteiger partial charge in [0, 0.05) is 63.6 Å². The molecule has 0 atom stereocenters. The quantitative estimate of drug-likeness (QED) is 0.147. The van der Waals surface area contributed by atoms with Crippen LogP contribution in [0.5, 0.6) is 0 Å². The molecule has 4 aromatic heterocycles. The summed E-state index contributed by atoms with van der Waals surface area (Å²) in [5, 5.41) is 21.6. The SMILES string of the molecule is [C-]#[N+]c1c(-c2ccccc2)c(C#N)c(-n2c3c(ccc4c5ccccc5sc43)c3cc(-c4ccccc4)c4c5ccccc5sc4c32)c(-c2cc(-c3ccccc3)cc(-c3ccccc3)c2)c1-n1c2ccccc2c2ccccc21. The molecule has 0 radical (unpaired) electrons. The first-order valence-corrected chi connectivity index (χ1v) is 28.4. The number of rotatable bonds is 7. The van der Waals surface area contributed by atoms with Crippen molar-refractivity contribution in [2.45, 2.75) is 0 Å². The molecule has 0 fully saturated rings. The fraction of sp³-hybridized carbons (Fsp3) is 0. The van der Waals surface area contributed by atoms with Gasteiger partial charge in [-0.15, -0.1) is 22.7 Å². The summed E-state index contributed by atoms with van der Waals surface area (Å²) in [6.45, 7) is 9.63. The fourth-order valence-corrected chi connectivity index (χ4v) is 15.3. The van der Waals surface area contributed by atoms with Gasteiger partial charge < -0.3 is 9.13 Å². The Morgan fingerprint density at radius 1 is 0.362 bits per heavy atom. The van der Waals surface area contributed by atoms with Crippen molar-refractivity contribution < 1.29 is 0 Å². The molecule has 0 aliphatic rings. The standard InChI is InChI=1S/C74H42N4S2/c1-76-68-65(48-28-12-5-13-29-48)60(44-75)69(66(72(68)77-61-34-18-14-30-52(61)53-31-15-19-35-62(53)77)51-41-49(45-22-6-2-7-23-45)40-50(42-51)46-24-8-3-9-25-46)78-70-55(38-39-56-54-32-16-20-36-63(54)79-73(56)70)59-43-58(47-26-10-4-11-27-47)67-57-33-17-21-37-64(57)80-74(67)71(59)78/h2-43H. The first-order chi connectivity index (χ1) is 39.6. The highest BCUT2D eigenvalue weighted by atomic mass is 32.1. The van der Waals surface area contributed by atoms with Gasteiger partial charge in [0.15, 0.2) is 0 Å². The van der Waals surface area contributed by atoms with Gasteiger partial charge in [-0.3, -0.25) is 0 Å². The molecule has 0 aliphatic carbocycles. The number of thiophene rings is 2. The third kappa shape index (κ3) is 6.77. The van der Waals surface area contributed by atoms with Crippen LogP contribution in [0.4, 0.5) is 5.69 Å². The Morgan fingerprint density at radius 2 is 0.838 bits per heavy atom. The summed E-state index contributed by atoms with van der Waals surface area (Å²) in [5.41, 5.74) is 15.7. The minimum Gasteiger partial charge on any atom is -0.318 e. The molecule has 6 heteroatoms. The average molecular weight is 1050 g/mol. The molecule has 0 amide bonds. The number of para-hydroxylation sites is 2. The molecule has 12 aromatic carbocycles. The molecule has 0 spiro atoms. The monoisotopic (exact) mass is 1050 g/mol. The Bertz CT molecular complexity index is 5190. The minimum absolute atomic E-state index is 0.399. The van der Waals surface area contributed by atoms with Gasteiger partial charge in [0.25, 0.3) is 0 Å². The van der Waals surface area contributed by atoms with Gasteiger partial charge in [-0.2, -0.15) is 5.26 Å². The van der Waals surface area contributed by atoms with E-state index in [0.717, 1.165) is 114 Å². The van der Waals surface area contributed by atoms with Crippen molar-refractivity contribution in [3.05, 3.63) is 272 Å². The van der Waals surface area contributed by atoms with Crippen LogP contribution in [0.1, 0.15) is 5.56 Å². The van der Waals surface area contributed by atoms with Crippen LogP contribution in [0, 0.1) is 17.9 Å². The van der Waals surface area contributed by atoms with Crippen LogP contribution in [-0.2, 0) is 0 Å². The molecule has 4 heterocycles. The second-order valence-corrected chi connectivity index (χ2v) is 22.5. The second kappa shape index (κ2) is 18.1. The predicted molar refractivity (Wildman–Crippen MR) is 339 cm³/mol. The van der Waals surface area contributed by atoms with Gasteiger partial charge >= 0.3 is 0 Å². The first kappa shape index (κ1) is 45.8. The number of aromatic nitrogens is 2. The summed E-state index contributed by atoms with van der Waals surface area (Å²) < 4.78 is 9.43. The zero-order chi connectivity index (χ0) is 53.0. The van der Waals surface area contributed by atoms with Crippen LogP contribution < -0.4 is 0 Å². The lowest BCUT2D eigenvalue weighted by Gasteiger charge is -2.26. The van der Waals surface area contributed by atoms with Crippen LogP contribution in [0.2, 0.25) is 0 Å². The summed E-state index contributed by atoms with van der Waals surface area (Å²) in [7, 11) is 0. The Kier molecular flexibility index (Phi) is 10.4. The summed E-state index contributed by atoms with van der Waals surface area (Å²) in [5.74, 6) is 0.